The first-order chi connectivity index (χ1) is 10.5. The first-order valence-electron chi connectivity index (χ1n) is 6.34. The number of hydrogen-bond donors (Lipinski definition) is 1. The van der Waals surface area contributed by atoms with Crippen molar-refractivity contribution in [1.82, 2.24) is 10.2 Å². The summed E-state index contributed by atoms with van der Waals surface area (Å²) < 4.78 is 42.8. The summed E-state index contributed by atoms with van der Waals surface area (Å²) in [4.78, 5) is 0. The van der Waals surface area contributed by atoms with E-state index in [2.05, 4.69) is 15.5 Å². The van der Waals surface area contributed by atoms with Crippen LogP contribution in [0.3, 0.4) is 0 Å². The Labute approximate surface area is 123 Å². The number of benzene rings is 2. The molecule has 0 aliphatic heterocycles. The number of nitrogens with zero attached hydrogens (tertiary/aromatic N) is 2. The van der Waals surface area contributed by atoms with Gasteiger partial charge in [0.2, 0.25) is 12.3 Å². The van der Waals surface area contributed by atoms with Crippen LogP contribution in [-0.4, -0.2) is 10.2 Å². The zero-order chi connectivity index (χ0) is 15.6. The summed E-state index contributed by atoms with van der Waals surface area (Å²) in [7, 11) is 0. The molecule has 0 amide bonds. The molecule has 0 unspecified atom stereocenters. The molecule has 1 N–H and O–H groups in total. The summed E-state index contributed by atoms with van der Waals surface area (Å²) in [5.41, 5.74) is 1.16. The Kier molecular flexibility index (Phi) is 3.54. The molecule has 0 saturated heterocycles. The number of para-hydroxylation sites is 1. The fourth-order valence-electron chi connectivity index (χ4n) is 1.97. The number of aromatic nitrogens is 2. The summed E-state index contributed by atoms with van der Waals surface area (Å²) in [5, 5.41) is 10.5. The molecule has 2 aromatic carbocycles. The predicted molar refractivity (Wildman–Crippen MR) is 74.5 cm³/mol. The lowest BCUT2D eigenvalue weighted by Gasteiger charge is -2.11. The van der Waals surface area contributed by atoms with E-state index >= 15 is 0 Å². The third kappa shape index (κ3) is 2.93. The van der Waals surface area contributed by atoms with Crippen LogP contribution in [-0.2, 0) is 6.18 Å². The van der Waals surface area contributed by atoms with E-state index in [9.17, 15) is 13.2 Å². The van der Waals surface area contributed by atoms with Gasteiger partial charge in [0.1, 0.15) is 0 Å². The lowest BCUT2D eigenvalue weighted by Crippen LogP contribution is -2.04. The van der Waals surface area contributed by atoms with Gasteiger partial charge in [-0.1, -0.05) is 12.1 Å². The second-order valence-electron chi connectivity index (χ2n) is 4.49. The van der Waals surface area contributed by atoms with Gasteiger partial charge in [-0.2, -0.15) is 13.2 Å². The van der Waals surface area contributed by atoms with Crippen LogP contribution in [0, 0.1) is 0 Å². The Hall–Kier alpha value is -2.83. The zero-order valence-corrected chi connectivity index (χ0v) is 11.1. The SMILES string of the molecule is FC(F)(F)c1ccc(Nc2ccccc2-c2nnco2)cc1. The third-order valence-electron chi connectivity index (χ3n) is 3.01. The molecule has 3 rings (SSSR count). The minimum atomic E-state index is -4.35. The average Bonchev–Trinajstić information content (AvgIpc) is 3.01. The molecule has 0 fully saturated rings. The molecule has 0 aliphatic carbocycles. The molecule has 1 aromatic heterocycles. The van der Waals surface area contributed by atoms with E-state index in [1.807, 2.05) is 0 Å². The monoisotopic (exact) mass is 305 g/mol. The van der Waals surface area contributed by atoms with Gasteiger partial charge in [-0.05, 0) is 36.4 Å². The topological polar surface area (TPSA) is 51.0 Å². The molecule has 0 bridgehead atoms. The van der Waals surface area contributed by atoms with Crippen LogP contribution >= 0.6 is 0 Å². The largest absolute Gasteiger partial charge is 0.423 e. The Bertz CT molecular complexity index is 752. The lowest BCUT2D eigenvalue weighted by atomic mass is 10.1. The molecule has 0 spiro atoms. The Balaban J connectivity index is 1.88. The quantitative estimate of drug-likeness (QED) is 0.774. The van der Waals surface area contributed by atoms with Crippen molar-refractivity contribution in [3.63, 3.8) is 0 Å². The molecule has 0 saturated carbocycles. The number of halogens is 3. The highest BCUT2D eigenvalue weighted by atomic mass is 19.4. The predicted octanol–water partition coefficient (Wildman–Crippen LogP) is 4.50. The van der Waals surface area contributed by atoms with Crippen molar-refractivity contribution in [3.8, 4) is 11.5 Å². The number of nitrogens with one attached hydrogen (secondary N) is 1. The maximum atomic E-state index is 12.5. The van der Waals surface area contributed by atoms with E-state index < -0.39 is 11.7 Å². The van der Waals surface area contributed by atoms with Gasteiger partial charge in [0.05, 0.1) is 16.8 Å². The summed E-state index contributed by atoms with van der Waals surface area (Å²) in [6.45, 7) is 0. The molecule has 4 nitrogen and oxygen atoms in total. The highest BCUT2D eigenvalue weighted by Gasteiger charge is 2.29. The second kappa shape index (κ2) is 5.51. The molecular weight excluding hydrogens is 295 g/mol. The van der Waals surface area contributed by atoms with Gasteiger partial charge in [-0.15, -0.1) is 10.2 Å². The lowest BCUT2D eigenvalue weighted by molar-refractivity contribution is -0.137. The van der Waals surface area contributed by atoms with Crippen LogP contribution in [0.5, 0.6) is 0 Å². The average molecular weight is 305 g/mol. The molecular formula is C15H10F3N3O. The van der Waals surface area contributed by atoms with Gasteiger partial charge in [-0.25, -0.2) is 0 Å². The van der Waals surface area contributed by atoms with E-state index in [0.29, 0.717) is 22.8 Å². The van der Waals surface area contributed by atoms with Gasteiger partial charge in [0.15, 0.2) is 0 Å². The molecule has 1 heterocycles. The van der Waals surface area contributed by atoms with Gasteiger partial charge < -0.3 is 9.73 Å². The number of anilines is 2. The van der Waals surface area contributed by atoms with E-state index in [-0.39, 0.29) is 0 Å². The van der Waals surface area contributed by atoms with Crippen LogP contribution in [0.25, 0.3) is 11.5 Å². The second-order valence-corrected chi connectivity index (χ2v) is 4.49. The van der Waals surface area contributed by atoms with Crippen molar-refractivity contribution in [2.75, 3.05) is 5.32 Å². The van der Waals surface area contributed by atoms with Crippen molar-refractivity contribution in [1.29, 1.82) is 0 Å². The molecule has 0 aliphatic rings. The number of alkyl halides is 3. The molecule has 112 valence electrons. The first kappa shape index (κ1) is 14.1. The van der Waals surface area contributed by atoms with Gasteiger partial charge in [0.25, 0.3) is 0 Å². The molecule has 3 aromatic rings. The standard InChI is InChI=1S/C15H10F3N3O/c16-15(17,18)10-5-7-11(8-6-10)20-13-4-2-1-3-12(13)14-21-19-9-22-14/h1-9,20H. The Morgan fingerprint density at radius 2 is 1.68 bits per heavy atom. The Morgan fingerprint density at radius 1 is 0.955 bits per heavy atom. The minimum absolute atomic E-state index is 0.329. The van der Waals surface area contributed by atoms with Crippen LogP contribution in [0.1, 0.15) is 5.56 Å². The highest BCUT2D eigenvalue weighted by Crippen LogP contribution is 2.32. The number of rotatable bonds is 3. The molecule has 0 radical (unpaired) electrons. The van der Waals surface area contributed by atoms with Crippen molar-refractivity contribution >= 4 is 11.4 Å². The van der Waals surface area contributed by atoms with E-state index in [0.717, 1.165) is 12.1 Å². The van der Waals surface area contributed by atoms with E-state index in [4.69, 9.17) is 4.42 Å². The zero-order valence-electron chi connectivity index (χ0n) is 11.1. The number of hydrogen-bond acceptors (Lipinski definition) is 4. The fraction of sp³-hybridized carbons (Fsp3) is 0.0667. The van der Waals surface area contributed by atoms with Crippen LogP contribution in [0.4, 0.5) is 24.5 Å². The van der Waals surface area contributed by atoms with Crippen molar-refractivity contribution in [3.05, 3.63) is 60.5 Å². The summed E-state index contributed by atoms with van der Waals surface area (Å²) in [6.07, 6.45) is -3.13. The molecule has 7 heteroatoms. The molecule has 0 atom stereocenters. The first-order valence-corrected chi connectivity index (χ1v) is 6.34. The van der Waals surface area contributed by atoms with Crippen LogP contribution in [0.15, 0.2) is 59.3 Å². The van der Waals surface area contributed by atoms with Gasteiger partial charge in [-0.3, -0.25) is 0 Å². The summed E-state index contributed by atoms with van der Waals surface area (Å²) in [5.74, 6) is 0.329. The van der Waals surface area contributed by atoms with Crippen LogP contribution in [0.2, 0.25) is 0 Å². The van der Waals surface area contributed by atoms with E-state index in [1.165, 1.54) is 18.5 Å². The van der Waals surface area contributed by atoms with Crippen molar-refractivity contribution in [2.24, 2.45) is 0 Å². The van der Waals surface area contributed by atoms with Gasteiger partial charge in [0, 0.05) is 5.69 Å². The maximum Gasteiger partial charge on any atom is 0.416 e. The van der Waals surface area contributed by atoms with Gasteiger partial charge >= 0.3 is 6.18 Å². The smallest absolute Gasteiger partial charge is 0.416 e. The summed E-state index contributed by atoms with van der Waals surface area (Å²) >= 11 is 0. The van der Waals surface area contributed by atoms with E-state index in [1.54, 1.807) is 24.3 Å². The summed E-state index contributed by atoms with van der Waals surface area (Å²) in [6, 6.07) is 11.9. The maximum absolute atomic E-state index is 12.5. The molecule has 22 heavy (non-hydrogen) atoms. The highest BCUT2D eigenvalue weighted by molar-refractivity contribution is 5.76. The minimum Gasteiger partial charge on any atom is -0.423 e. The third-order valence-corrected chi connectivity index (χ3v) is 3.01. The van der Waals surface area contributed by atoms with Crippen molar-refractivity contribution in [2.45, 2.75) is 6.18 Å². The Morgan fingerprint density at radius 3 is 2.32 bits per heavy atom. The fourth-order valence-corrected chi connectivity index (χ4v) is 1.97. The van der Waals surface area contributed by atoms with Crippen molar-refractivity contribution < 1.29 is 17.6 Å². The van der Waals surface area contributed by atoms with Crippen LogP contribution < -0.4 is 5.32 Å². The normalized spacial score (nSPS) is 11.4.